The van der Waals surface area contributed by atoms with Crippen LogP contribution >= 0.6 is 0 Å². The Hall–Kier alpha value is -1.71. The molecule has 0 saturated carbocycles. The molecule has 0 radical (unpaired) electrons. The van der Waals surface area contributed by atoms with Gasteiger partial charge in [-0.3, -0.25) is 10.1 Å². The van der Waals surface area contributed by atoms with Crippen molar-refractivity contribution in [1.29, 1.82) is 0 Å². The lowest BCUT2D eigenvalue weighted by molar-refractivity contribution is -0.385. The van der Waals surface area contributed by atoms with Gasteiger partial charge >= 0.3 is 0 Å². The van der Waals surface area contributed by atoms with Gasteiger partial charge in [0.15, 0.2) is 0 Å². The number of hydrogen-bond acceptors (Lipinski definition) is 6. The molecule has 8 nitrogen and oxygen atoms in total. The maximum atomic E-state index is 12.3. The van der Waals surface area contributed by atoms with Crippen LogP contribution in [0, 0.1) is 16.0 Å². The first-order valence-corrected chi connectivity index (χ1v) is 7.67. The average Bonchev–Trinajstić information content (AvgIpc) is 2.44. The smallest absolute Gasteiger partial charge is 0.273 e. The largest absolute Gasteiger partial charge is 0.495 e. The number of benzene rings is 1. The molecular formula is C12H18N2O6S. The van der Waals surface area contributed by atoms with Crippen molar-refractivity contribution in [3.8, 4) is 5.75 Å². The van der Waals surface area contributed by atoms with Crippen LogP contribution in [0.4, 0.5) is 5.69 Å². The summed E-state index contributed by atoms with van der Waals surface area (Å²) in [6.45, 7) is 3.15. The molecule has 9 heteroatoms. The van der Waals surface area contributed by atoms with Crippen LogP contribution in [0.5, 0.6) is 5.75 Å². The van der Waals surface area contributed by atoms with Gasteiger partial charge in [0.25, 0.3) is 5.69 Å². The molecule has 0 spiro atoms. The molecule has 1 aromatic carbocycles. The molecule has 0 aliphatic rings. The van der Waals surface area contributed by atoms with E-state index in [1.54, 1.807) is 13.8 Å². The van der Waals surface area contributed by atoms with Crippen LogP contribution in [-0.2, 0) is 10.0 Å². The van der Waals surface area contributed by atoms with E-state index in [2.05, 4.69) is 4.72 Å². The van der Waals surface area contributed by atoms with Crippen LogP contribution < -0.4 is 9.46 Å². The average molecular weight is 318 g/mol. The predicted molar refractivity (Wildman–Crippen MR) is 75.7 cm³/mol. The van der Waals surface area contributed by atoms with Crippen LogP contribution in [0.3, 0.4) is 0 Å². The van der Waals surface area contributed by atoms with E-state index in [9.17, 15) is 18.5 Å². The van der Waals surface area contributed by atoms with Crippen molar-refractivity contribution in [2.75, 3.05) is 13.7 Å². The lowest BCUT2D eigenvalue weighted by atomic mass is 10.1. The molecule has 2 atom stereocenters. The molecule has 0 heterocycles. The number of sulfonamides is 1. The van der Waals surface area contributed by atoms with E-state index < -0.39 is 21.0 Å². The van der Waals surface area contributed by atoms with Crippen molar-refractivity contribution in [2.45, 2.75) is 24.8 Å². The van der Waals surface area contributed by atoms with Crippen molar-refractivity contribution < 1.29 is 23.2 Å². The van der Waals surface area contributed by atoms with Crippen molar-refractivity contribution in [3.63, 3.8) is 0 Å². The van der Waals surface area contributed by atoms with E-state index >= 15 is 0 Å². The number of rotatable bonds is 7. The lowest BCUT2D eigenvalue weighted by Crippen LogP contribution is -2.38. The number of nitro benzene ring substituents is 1. The van der Waals surface area contributed by atoms with Crippen molar-refractivity contribution in [3.05, 3.63) is 28.3 Å². The van der Waals surface area contributed by atoms with Crippen LogP contribution in [-0.4, -0.2) is 38.2 Å². The maximum absolute atomic E-state index is 12.3. The first-order chi connectivity index (χ1) is 9.72. The molecule has 2 unspecified atom stereocenters. The van der Waals surface area contributed by atoms with Gasteiger partial charge in [0.2, 0.25) is 10.0 Å². The summed E-state index contributed by atoms with van der Waals surface area (Å²) in [5.74, 6) is -0.385. The number of non-ortho nitro benzene ring substituents is 1. The molecule has 21 heavy (non-hydrogen) atoms. The minimum absolute atomic E-state index is 0.111. The summed E-state index contributed by atoms with van der Waals surface area (Å²) in [4.78, 5) is 9.87. The number of nitrogens with one attached hydrogen (secondary N) is 1. The third-order valence-corrected chi connectivity index (χ3v) is 4.73. The summed E-state index contributed by atoms with van der Waals surface area (Å²) in [5.41, 5.74) is -0.262. The molecule has 1 rings (SSSR count). The van der Waals surface area contributed by atoms with Crippen LogP contribution in [0.2, 0.25) is 0 Å². The lowest BCUT2D eigenvalue weighted by Gasteiger charge is -2.20. The number of nitro groups is 1. The quantitative estimate of drug-likeness (QED) is 0.569. The summed E-state index contributed by atoms with van der Waals surface area (Å²) in [6.07, 6.45) is 0. The summed E-state index contributed by atoms with van der Waals surface area (Å²) in [6, 6.07) is 2.77. The zero-order chi connectivity index (χ0) is 16.2. The highest BCUT2D eigenvalue weighted by Crippen LogP contribution is 2.28. The third-order valence-electron chi connectivity index (χ3n) is 3.13. The van der Waals surface area contributed by atoms with E-state index in [4.69, 9.17) is 9.84 Å². The topological polar surface area (TPSA) is 119 Å². The molecule has 2 N–H and O–H groups in total. The number of hydrogen-bond donors (Lipinski definition) is 2. The second kappa shape index (κ2) is 6.83. The SMILES string of the molecule is COc1cc([N+](=O)[O-])ccc1S(=O)(=O)NC(C)C(C)CO. The number of methoxy groups -OCH3 is 1. The summed E-state index contributed by atoms with van der Waals surface area (Å²) < 4.78 is 31.9. The van der Waals surface area contributed by atoms with Crippen molar-refractivity contribution >= 4 is 15.7 Å². The fourth-order valence-electron chi connectivity index (χ4n) is 1.57. The Kier molecular flexibility index (Phi) is 5.64. The predicted octanol–water partition coefficient (Wildman–Crippen LogP) is 0.899. The van der Waals surface area contributed by atoms with Gasteiger partial charge in [-0.05, 0) is 18.9 Å². The van der Waals surface area contributed by atoms with E-state index in [1.807, 2.05) is 0 Å². The molecule has 0 fully saturated rings. The number of nitrogens with zero attached hydrogens (tertiary/aromatic N) is 1. The molecular weight excluding hydrogens is 300 g/mol. The molecule has 0 aromatic heterocycles. The highest BCUT2D eigenvalue weighted by molar-refractivity contribution is 7.89. The van der Waals surface area contributed by atoms with E-state index in [1.165, 1.54) is 7.11 Å². The van der Waals surface area contributed by atoms with Gasteiger partial charge in [0, 0.05) is 18.7 Å². The first kappa shape index (κ1) is 17.3. The van der Waals surface area contributed by atoms with Gasteiger partial charge in [-0.1, -0.05) is 6.92 Å². The van der Waals surface area contributed by atoms with Crippen molar-refractivity contribution in [2.24, 2.45) is 5.92 Å². The van der Waals surface area contributed by atoms with Gasteiger partial charge in [-0.2, -0.15) is 0 Å². The van der Waals surface area contributed by atoms with Crippen LogP contribution in [0.1, 0.15) is 13.8 Å². The highest BCUT2D eigenvalue weighted by atomic mass is 32.2. The Bertz CT molecular complexity index is 616. The Morgan fingerprint density at radius 1 is 1.43 bits per heavy atom. The second-order valence-electron chi connectivity index (χ2n) is 4.66. The fraction of sp³-hybridized carbons (Fsp3) is 0.500. The Morgan fingerprint density at radius 2 is 2.05 bits per heavy atom. The zero-order valence-electron chi connectivity index (χ0n) is 11.9. The highest BCUT2D eigenvalue weighted by Gasteiger charge is 2.25. The van der Waals surface area contributed by atoms with Gasteiger partial charge in [-0.15, -0.1) is 0 Å². The van der Waals surface area contributed by atoms with Crippen LogP contribution in [0.15, 0.2) is 23.1 Å². The Balaban J connectivity index is 3.16. The second-order valence-corrected chi connectivity index (χ2v) is 6.34. The van der Waals surface area contributed by atoms with Crippen molar-refractivity contribution in [1.82, 2.24) is 4.72 Å². The minimum atomic E-state index is -3.91. The Labute approximate surface area is 122 Å². The normalized spacial score (nSPS) is 14.5. The van der Waals surface area contributed by atoms with E-state index in [-0.39, 0.29) is 28.9 Å². The fourth-order valence-corrected chi connectivity index (χ4v) is 3.08. The minimum Gasteiger partial charge on any atom is -0.495 e. The molecule has 0 aliphatic heterocycles. The number of ether oxygens (including phenoxy) is 1. The molecule has 0 aliphatic carbocycles. The molecule has 118 valence electrons. The molecule has 0 saturated heterocycles. The van der Waals surface area contributed by atoms with Gasteiger partial charge in [0.1, 0.15) is 10.6 Å². The summed E-state index contributed by atoms with van der Waals surface area (Å²) in [5, 5.41) is 19.7. The number of aliphatic hydroxyl groups is 1. The maximum Gasteiger partial charge on any atom is 0.273 e. The van der Waals surface area contributed by atoms with Crippen LogP contribution in [0.25, 0.3) is 0 Å². The summed E-state index contributed by atoms with van der Waals surface area (Å²) in [7, 11) is -2.67. The Morgan fingerprint density at radius 3 is 2.52 bits per heavy atom. The zero-order valence-corrected chi connectivity index (χ0v) is 12.8. The standard InChI is InChI=1S/C12H18N2O6S/c1-8(7-15)9(2)13-21(18,19)12-5-4-10(14(16)17)6-11(12)20-3/h4-6,8-9,13,15H,7H2,1-3H3. The number of aliphatic hydroxyl groups excluding tert-OH is 1. The van der Waals surface area contributed by atoms with Gasteiger partial charge in [0.05, 0.1) is 18.1 Å². The first-order valence-electron chi connectivity index (χ1n) is 6.18. The molecule has 0 amide bonds. The molecule has 1 aromatic rings. The van der Waals surface area contributed by atoms with E-state index in [0.717, 1.165) is 18.2 Å². The van der Waals surface area contributed by atoms with Gasteiger partial charge < -0.3 is 9.84 Å². The summed E-state index contributed by atoms with van der Waals surface area (Å²) >= 11 is 0. The third kappa shape index (κ3) is 4.13. The van der Waals surface area contributed by atoms with Gasteiger partial charge in [-0.25, -0.2) is 13.1 Å². The monoisotopic (exact) mass is 318 g/mol. The molecule has 0 bridgehead atoms. The van der Waals surface area contributed by atoms with E-state index in [0.29, 0.717) is 0 Å².